The second-order valence-electron chi connectivity index (χ2n) is 5.68. The second-order valence-corrected chi connectivity index (χ2v) is 6.46. The van der Waals surface area contributed by atoms with Gasteiger partial charge in [0.25, 0.3) is 0 Å². The smallest absolute Gasteiger partial charge is 0.194 e. The van der Waals surface area contributed by atoms with Gasteiger partial charge < -0.3 is 10.2 Å². The molecular weight excluding hydrogens is 294 g/mol. The summed E-state index contributed by atoms with van der Waals surface area (Å²) >= 11 is 1.72. The lowest BCUT2D eigenvalue weighted by Crippen LogP contribution is -2.39. The zero-order chi connectivity index (χ0) is 15.4. The molecule has 0 spiro atoms. The molecule has 1 atom stereocenters. The third kappa shape index (κ3) is 3.50. The zero-order valence-corrected chi connectivity index (χ0v) is 14.0. The number of rotatable bonds is 4. The minimum absolute atomic E-state index is 0.554. The molecule has 22 heavy (non-hydrogen) atoms. The van der Waals surface area contributed by atoms with Gasteiger partial charge >= 0.3 is 0 Å². The van der Waals surface area contributed by atoms with Crippen LogP contribution in [-0.2, 0) is 13.6 Å². The van der Waals surface area contributed by atoms with Crippen molar-refractivity contribution < 1.29 is 0 Å². The van der Waals surface area contributed by atoms with Gasteiger partial charge in [0.1, 0.15) is 0 Å². The SMILES string of the molecule is CCNC(=NCc1ccsc1)N1CCC(c2cnn(C)c2)C1. The van der Waals surface area contributed by atoms with Gasteiger partial charge in [0.05, 0.1) is 12.7 Å². The van der Waals surface area contributed by atoms with Crippen molar-refractivity contribution in [3.05, 3.63) is 40.3 Å². The van der Waals surface area contributed by atoms with E-state index in [0.717, 1.165) is 38.6 Å². The fourth-order valence-corrected chi connectivity index (χ4v) is 3.51. The van der Waals surface area contributed by atoms with E-state index < -0.39 is 0 Å². The van der Waals surface area contributed by atoms with Crippen LogP contribution >= 0.6 is 11.3 Å². The van der Waals surface area contributed by atoms with Crippen molar-refractivity contribution in [1.29, 1.82) is 0 Å². The molecule has 1 saturated heterocycles. The number of hydrogen-bond acceptors (Lipinski definition) is 3. The Morgan fingerprint density at radius 3 is 3.14 bits per heavy atom. The highest BCUT2D eigenvalue weighted by atomic mass is 32.1. The Morgan fingerprint density at radius 1 is 1.55 bits per heavy atom. The molecule has 0 aromatic carbocycles. The maximum Gasteiger partial charge on any atom is 0.194 e. The van der Waals surface area contributed by atoms with Crippen molar-refractivity contribution in [3.63, 3.8) is 0 Å². The standard InChI is InChI=1S/C16H23N5S/c1-3-17-16(18-8-13-5-7-22-12-13)21-6-4-14(11-21)15-9-19-20(2)10-15/h5,7,9-10,12,14H,3-4,6,8,11H2,1-2H3,(H,17,18). The Hall–Kier alpha value is -1.82. The lowest BCUT2D eigenvalue weighted by Gasteiger charge is -2.21. The van der Waals surface area contributed by atoms with Crippen molar-refractivity contribution in [2.24, 2.45) is 12.0 Å². The van der Waals surface area contributed by atoms with E-state index in [2.05, 4.69) is 45.3 Å². The Morgan fingerprint density at radius 2 is 2.45 bits per heavy atom. The first-order valence-electron chi connectivity index (χ1n) is 7.79. The van der Waals surface area contributed by atoms with Gasteiger partial charge in [0, 0.05) is 38.8 Å². The molecule has 0 saturated carbocycles. The average Bonchev–Trinajstić information content (AvgIpc) is 3.24. The number of nitrogens with one attached hydrogen (secondary N) is 1. The summed E-state index contributed by atoms with van der Waals surface area (Å²) in [6.45, 7) is 5.83. The molecule has 0 amide bonds. The highest BCUT2D eigenvalue weighted by Crippen LogP contribution is 2.26. The molecular formula is C16H23N5S. The molecule has 6 heteroatoms. The van der Waals surface area contributed by atoms with Gasteiger partial charge in [0.15, 0.2) is 5.96 Å². The molecule has 2 aromatic rings. The van der Waals surface area contributed by atoms with Crippen LogP contribution in [0.3, 0.4) is 0 Å². The Kier molecular flexibility index (Phi) is 4.77. The molecule has 3 rings (SSSR count). The van der Waals surface area contributed by atoms with E-state index in [1.54, 1.807) is 11.3 Å². The number of aliphatic imine (C=N–C) groups is 1. The third-order valence-corrected chi connectivity index (χ3v) is 4.74. The van der Waals surface area contributed by atoms with E-state index >= 15 is 0 Å². The van der Waals surface area contributed by atoms with Crippen LogP contribution in [0.25, 0.3) is 0 Å². The summed E-state index contributed by atoms with van der Waals surface area (Å²) in [4.78, 5) is 7.16. The molecule has 0 bridgehead atoms. The van der Waals surface area contributed by atoms with Crippen LogP contribution in [0.1, 0.15) is 30.4 Å². The number of thiophene rings is 1. The van der Waals surface area contributed by atoms with Crippen LogP contribution < -0.4 is 5.32 Å². The molecule has 118 valence electrons. The van der Waals surface area contributed by atoms with E-state index in [-0.39, 0.29) is 0 Å². The second kappa shape index (κ2) is 6.96. The maximum absolute atomic E-state index is 4.79. The largest absolute Gasteiger partial charge is 0.357 e. The van der Waals surface area contributed by atoms with Crippen molar-refractivity contribution >= 4 is 17.3 Å². The van der Waals surface area contributed by atoms with E-state index in [0.29, 0.717) is 5.92 Å². The van der Waals surface area contributed by atoms with Gasteiger partial charge in [-0.2, -0.15) is 16.4 Å². The minimum Gasteiger partial charge on any atom is -0.357 e. The normalized spacial score (nSPS) is 18.9. The van der Waals surface area contributed by atoms with E-state index in [4.69, 9.17) is 4.99 Å². The topological polar surface area (TPSA) is 45.5 Å². The van der Waals surface area contributed by atoms with Gasteiger partial charge in [-0.15, -0.1) is 0 Å². The first-order valence-corrected chi connectivity index (χ1v) is 8.73. The van der Waals surface area contributed by atoms with E-state index in [9.17, 15) is 0 Å². The fraction of sp³-hybridized carbons (Fsp3) is 0.500. The molecule has 0 aliphatic carbocycles. The number of hydrogen-bond donors (Lipinski definition) is 1. The number of nitrogens with zero attached hydrogens (tertiary/aromatic N) is 4. The summed E-state index contributed by atoms with van der Waals surface area (Å²) in [5.41, 5.74) is 2.61. The van der Waals surface area contributed by atoms with Crippen molar-refractivity contribution in [1.82, 2.24) is 20.0 Å². The summed E-state index contributed by atoms with van der Waals surface area (Å²) in [7, 11) is 1.97. The van der Waals surface area contributed by atoms with Crippen LogP contribution in [0.15, 0.2) is 34.2 Å². The van der Waals surface area contributed by atoms with Crippen LogP contribution in [0.2, 0.25) is 0 Å². The minimum atomic E-state index is 0.554. The Labute approximate surface area is 135 Å². The van der Waals surface area contributed by atoms with Gasteiger partial charge in [-0.05, 0) is 41.3 Å². The Balaban J connectivity index is 1.66. The first kappa shape index (κ1) is 15.1. The van der Waals surface area contributed by atoms with Gasteiger partial charge in [0.2, 0.25) is 0 Å². The van der Waals surface area contributed by atoms with Crippen LogP contribution in [0.5, 0.6) is 0 Å². The highest BCUT2D eigenvalue weighted by Gasteiger charge is 2.26. The van der Waals surface area contributed by atoms with Gasteiger partial charge in [-0.25, -0.2) is 4.99 Å². The summed E-state index contributed by atoms with van der Waals surface area (Å²) in [5, 5.41) is 12.0. The zero-order valence-electron chi connectivity index (χ0n) is 13.2. The molecule has 1 fully saturated rings. The number of aryl methyl sites for hydroxylation is 1. The number of aromatic nitrogens is 2. The van der Waals surface area contributed by atoms with Crippen molar-refractivity contribution in [2.75, 3.05) is 19.6 Å². The van der Waals surface area contributed by atoms with Crippen LogP contribution in [0, 0.1) is 0 Å². The third-order valence-electron chi connectivity index (χ3n) is 4.01. The van der Waals surface area contributed by atoms with Crippen LogP contribution in [-0.4, -0.2) is 40.3 Å². The lowest BCUT2D eigenvalue weighted by molar-refractivity contribution is 0.486. The number of likely N-dealkylation sites (tertiary alicyclic amines) is 1. The van der Waals surface area contributed by atoms with Crippen molar-refractivity contribution in [3.8, 4) is 0 Å². The number of guanidine groups is 1. The molecule has 1 aliphatic rings. The predicted octanol–water partition coefficient (Wildman–Crippen LogP) is 2.44. The van der Waals surface area contributed by atoms with E-state index in [1.165, 1.54) is 11.1 Å². The van der Waals surface area contributed by atoms with Crippen LogP contribution in [0.4, 0.5) is 0 Å². The highest BCUT2D eigenvalue weighted by molar-refractivity contribution is 7.07. The predicted molar refractivity (Wildman–Crippen MR) is 91.3 cm³/mol. The summed E-state index contributed by atoms with van der Waals surface area (Å²) in [6.07, 6.45) is 5.28. The summed E-state index contributed by atoms with van der Waals surface area (Å²) in [6, 6.07) is 2.14. The first-order chi connectivity index (χ1) is 10.8. The van der Waals surface area contributed by atoms with Gasteiger partial charge in [-0.3, -0.25) is 4.68 Å². The quantitative estimate of drug-likeness (QED) is 0.696. The molecule has 1 N–H and O–H groups in total. The Bertz CT molecular complexity index is 616. The molecule has 5 nitrogen and oxygen atoms in total. The van der Waals surface area contributed by atoms with Crippen molar-refractivity contribution in [2.45, 2.75) is 25.8 Å². The van der Waals surface area contributed by atoms with Gasteiger partial charge in [-0.1, -0.05) is 0 Å². The lowest BCUT2D eigenvalue weighted by atomic mass is 10.0. The summed E-state index contributed by atoms with van der Waals surface area (Å²) in [5.74, 6) is 1.58. The molecule has 1 unspecified atom stereocenters. The molecule has 3 heterocycles. The maximum atomic E-state index is 4.79. The molecule has 1 aliphatic heterocycles. The monoisotopic (exact) mass is 317 g/mol. The molecule has 2 aromatic heterocycles. The fourth-order valence-electron chi connectivity index (χ4n) is 2.85. The summed E-state index contributed by atoms with van der Waals surface area (Å²) < 4.78 is 1.88. The van der Waals surface area contributed by atoms with E-state index in [1.807, 2.05) is 17.9 Å². The molecule has 0 radical (unpaired) electrons. The average molecular weight is 317 g/mol.